The molecule has 8 aromatic carbocycles. The van der Waals surface area contributed by atoms with E-state index in [1.54, 1.807) is 0 Å². The van der Waals surface area contributed by atoms with Crippen molar-refractivity contribution in [1.82, 2.24) is 24.1 Å². The highest BCUT2D eigenvalue weighted by atomic mass is 32.2. The van der Waals surface area contributed by atoms with Gasteiger partial charge in [-0.1, -0.05) is 139 Å². The normalized spacial score (nSPS) is 12.1. The van der Waals surface area contributed by atoms with Crippen LogP contribution in [-0.4, -0.2) is 24.1 Å². The molecule has 0 bridgehead atoms. The number of aromatic nitrogens is 5. The fourth-order valence-electron chi connectivity index (χ4n) is 8.49. The van der Waals surface area contributed by atoms with Crippen molar-refractivity contribution in [1.29, 1.82) is 0 Å². The van der Waals surface area contributed by atoms with Gasteiger partial charge in [0.05, 0.1) is 16.7 Å². The molecule has 0 spiro atoms. The van der Waals surface area contributed by atoms with E-state index in [2.05, 4.69) is 173 Å². The van der Waals surface area contributed by atoms with Crippen molar-refractivity contribution >= 4 is 55.4 Å². The second kappa shape index (κ2) is 12.6. The largest absolute Gasteiger partial charge is 0.295 e. The van der Waals surface area contributed by atoms with Gasteiger partial charge in [0, 0.05) is 48.3 Å². The number of hydrogen-bond acceptors (Lipinski definition) is 4. The average molecular weight is 746 g/mol. The quantitative estimate of drug-likeness (QED) is 0.176. The summed E-state index contributed by atoms with van der Waals surface area (Å²) in [6, 6.07) is 66.6. The number of rotatable bonds is 5. The van der Waals surface area contributed by atoms with E-state index in [9.17, 15) is 0 Å². The summed E-state index contributed by atoms with van der Waals surface area (Å²) >= 11 is 1.85. The van der Waals surface area contributed by atoms with Gasteiger partial charge >= 0.3 is 0 Å². The molecule has 0 amide bonds. The minimum absolute atomic E-state index is 0.631. The van der Waals surface area contributed by atoms with Crippen molar-refractivity contribution in [2.24, 2.45) is 0 Å². The highest BCUT2D eigenvalue weighted by Gasteiger charge is 2.27. The summed E-state index contributed by atoms with van der Waals surface area (Å²) in [5.74, 6) is 1.91. The molecule has 0 radical (unpaired) electrons. The third-order valence-corrected chi connectivity index (χ3v) is 12.3. The molecule has 4 heterocycles. The maximum atomic E-state index is 5.13. The predicted molar refractivity (Wildman–Crippen MR) is 234 cm³/mol. The molecular weight excluding hydrogens is 715 g/mol. The van der Waals surface area contributed by atoms with E-state index in [-0.39, 0.29) is 0 Å². The highest BCUT2D eigenvalue weighted by molar-refractivity contribution is 7.99. The Bertz CT molecular complexity index is 3370. The molecule has 0 fully saturated rings. The van der Waals surface area contributed by atoms with Gasteiger partial charge in [-0.05, 0) is 82.6 Å². The van der Waals surface area contributed by atoms with Gasteiger partial charge < -0.3 is 0 Å². The lowest BCUT2D eigenvalue weighted by Crippen LogP contribution is -2.05. The van der Waals surface area contributed by atoms with Crippen LogP contribution in [0.1, 0.15) is 0 Å². The fourth-order valence-corrected chi connectivity index (χ4v) is 9.59. The SMILES string of the molecule is c1ccc(-c2ccc3cc(-c4nc(-c5ccccc5)nc(-c5ccc(-n6c7ccccc7c7c8cccc9c8n(c76)-c6ccccc6S9)cc5)n4)ccc3c2)cc1. The monoisotopic (exact) mass is 745 g/mol. The first-order chi connectivity index (χ1) is 28.2. The lowest BCUT2D eigenvalue weighted by molar-refractivity contribution is 1.03. The molecule has 0 saturated carbocycles. The highest BCUT2D eigenvalue weighted by Crippen LogP contribution is 2.49. The molecule has 57 heavy (non-hydrogen) atoms. The molecule has 5 nitrogen and oxygen atoms in total. The second-order valence-corrected chi connectivity index (χ2v) is 15.6. The number of fused-ring (bicyclic) bond motifs is 8. The second-order valence-electron chi connectivity index (χ2n) is 14.5. The lowest BCUT2D eigenvalue weighted by Gasteiger charge is -2.21. The zero-order chi connectivity index (χ0) is 37.5. The van der Waals surface area contributed by atoms with Gasteiger partial charge in [0.25, 0.3) is 0 Å². The molecule has 12 rings (SSSR count). The van der Waals surface area contributed by atoms with Gasteiger partial charge in [0.15, 0.2) is 17.5 Å². The molecule has 0 saturated heterocycles. The van der Waals surface area contributed by atoms with E-state index in [4.69, 9.17) is 15.0 Å². The summed E-state index contributed by atoms with van der Waals surface area (Å²) < 4.78 is 4.88. The topological polar surface area (TPSA) is 48.5 Å². The first kappa shape index (κ1) is 32.0. The molecule has 1 aliphatic heterocycles. The van der Waals surface area contributed by atoms with Crippen LogP contribution in [0.5, 0.6) is 0 Å². The van der Waals surface area contributed by atoms with Gasteiger partial charge in [-0.25, -0.2) is 15.0 Å². The summed E-state index contributed by atoms with van der Waals surface area (Å²) in [6.45, 7) is 0. The molecule has 266 valence electrons. The van der Waals surface area contributed by atoms with E-state index in [1.165, 1.54) is 64.8 Å². The maximum Gasteiger partial charge on any atom is 0.164 e. The first-order valence-corrected chi connectivity index (χ1v) is 19.9. The van der Waals surface area contributed by atoms with Crippen molar-refractivity contribution in [3.05, 3.63) is 188 Å². The Morgan fingerprint density at radius 1 is 0.386 bits per heavy atom. The van der Waals surface area contributed by atoms with Gasteiger partial charge in [-0.15, -0.1) is 0 Å². The predicted octanol–water partition coefficient (Wildman–Crippen LogP) is 13.2. The van der Waals surface area contributed by atoms with E-state index < -0.39 is 0 Å². The number of para-hydroxylation sites is 3. The average Bonchev–Trinajstić information content (AvgIpc) is 3.81. The molecular formula is C51H31N5S. The van der Waals surface area contributed by atoms with Crippen LogP contribution >= 0.6 is 11.8 Å². The number of hydrogen-bond donors (Lipinski definition) is 0. The van der Waals surface area contributed by atoms with Gasteiger partial charge in [0.2, 0.25) is 0 Å². The summed E-state index contributed by atoms with van der Waals surface area (Å²) in [7, 11) is 0. The first-order valence-electron chi connectivity index (χ1n) is 19.1. The Morgan fingerprint density at radius 2 is 0.947 bits per heavy atom. The zero-order valence-corrected chi connectivity index (χ0v) is 31.4. The van der Waals surface area contributed by atoms with Crippen LogP contribution in [0.4, 0.5) is 0 Å². The fraction of sp³-hybridized carbons (Fsp3) is 0. The lowest BCUT2D eigenvalue weighted by atomic mass is 10.00. The van der Waals surface area contributed by atoms with Gasteiger partial charge in [-0.3, -0.25) is 9.13 Å². The standard InChI is InChI=1S/C51H31N5S/c1-3-12-32(13-4-1)35-22-23-37-31-38(25-24-36(37)30-35)50-53-48(33-14-5-2-6-15-33)52-49(54-50)34-26-28-39(29-27-34)55-42-18-8-7-16-40(42)46-41-17-11-21-45-47(41)56(51(46)55)43-19-9-10-20-44(43)57-45/h1-31H. The summed E-state index contributed by atoms with van der Waals surface area (Å²) in [5, 5.41) is 6.08. The molecule has 11 aromatic rings. The van der Waals surface area contributed by atoms with Gasteiger partial charge in [-0.2, -0.15) is 0 Å². The van der Waals surface area contributed by atoms with Crippen LogP contribution in [0.2, 0.25) is 0 Å². The molecule has 0 unspecified atom stereocenters. The van der Waals surface area contributed by atoms with Crippen molar-refractivity contribution in [3.63, 3.8) is 0 Å². The molecule has 0 aliphatic carbocycles. The minimum Gasteiger partial charge on any atom is -0.295 e. The molecule has 1 aliphatic rings. The van der Waals surface area contributed by atoms with Crippen LogP contribution in [0.3, 0.4) is 0 Å². The van der Waals surface area contributed by atoms with Crippen LogP contribution in [-0.2, 0) is 0 Å². The zero-order valence-electron chi connectivity index (χ0n) is 30.5. The molecule has 3 aromatic heterocycles. The van der Waals surface area contributed by atoms with Crippen molar-refractivity contribution in [3.8, 4) is 56.7 Å². The molecule has 6 heteroatoms. The van der Waals surface area contributed by atoms with Crippen molar-refractivity contribution < 1.29 is 0 Å². The minimum atomic E-state index is 0.631. The number of nitrogens with zero attached hydrogens (tertiary/aromatic N) is 5. The molecule has 0 N–H and O–H groups in total. The van der Waals surface area contributed by atoms with Crippen molar-refractivity contribution in [2.75, 3.05) is 0 Å². The Labute approximate surface area is 332 Å². The maximum absolute atomic E-state index is 5.13. The van der Waals surface area contributed by atoms with Crippen molar-refractivity contribution in [2.45, 2.75) is 9.79 Å². The summed E-state index contributed by atoms with van der Waals surface area (Å²) in [4.78, 5) is 17.8. The van der Waals surface area contributed by atoms with Crippen LogP contribution in [0.15, 0.2) is 198 Å². The third kappa shape index (κ3) is 5.08. The number of benzene rings is 8. The van der Waals surface area contributed by atoms with E-state index >= 15 is 0 Å². The molecule has 0 atom stereocenters. The summed E-state index contributed by atoms with van der Waals surface area (Å²) in [6.07, 6.45) is 0. The van der Waals surface area contributed by atoms with Crippen LogP contribution < -0.4 is 0 Å². The Kier molecular flexibility index (Phi) is 7.09. The smallest absolute Gasteiger partial charge is 0.164 e. The Hall–Kier alpha value is -7.28. The van der Waals surface area contributed by atoms with E-state index in [0.29, 0.717) is 17.5 Å². The Balaban J connectivity index is 1.01. The summed E-state index contributed by atoms with van der Waals surface area (Å²) in [5.41, 5.74) is 11.1. The Morgan fingerprint density at radius 3 is 1.72 bits per heavy atom. The van der Waals surface area contributed by atoms with Crippen LogP contribution in [0.25, 0.3) is 100 Å². The third-order valence-electron chi connectivity index (χ3n) is 11.1. The van der Waals surface area contributed by atoms with E-state index in [0.717, 1.165) is 27.8 Å². The van der Waals surface area contributed by atoms with Crippen LogP contribution in [0, 0.1) is 0 Å². The van der Waals surface area contributed by atoms with E-state index in [1.807, 2.05) is 36.0 Å². The van der Waals surface area contributed by atoms with Gasteiger partial charge in [0.1, 0.15) is 5.65 Å².